The summed E-state index contributed by atoms with van der Waals surface area (Å²) in [6.07, 6.45) is -4.87. The van der Waals surface area contributed by atoms with Crippen LogP contribution in [0.1, 0.15) is 24.2 Å². The molecule has 7 nitrogen and oxygen atoms in total. The lowest BCUT2D eigenvalue weighted by atomic mass is 9.91. The van der Waals surface area contributed by atoms with E-state index in [0.29, 0.717) is 30.2 Å². The van der Waals surface area contributed by atoms with Crippen molar-refractivity contribution in [2.24, 2.45) is 10.4 Å². The number of sulfonamides is 1. The summed E-state index contributed by atoms with van der Waals surface area (Å²) in [6, 6.07) is 8.42. The standard InChI is InChI=1S/C20H18F3N3O4S/c1-19(2)10-24-18-17(27)15-9-12(3-8-16(15)26(18)11-19)25-31(28,29)14-6-4-13(5-7-14)30-20(21,22)23/h3-9,25H,10-11H2,1-2H3. The summed E-state index contributed by atoms with van der Waals surface area (Å²) in [6.45, 7) is 5.22. The maximum absolute atomic E-state index is 12.7. The maximum Gasteiger partial charge on any atom is 0.573 e. The van der Waals surface area contributed by atoms with E-state index in [-0.39, 0.29) is 21.8 Å². The van der Waals surface area contributed by atoms with Crippen molar-refractivity contribution in [1.82, 2.24) is 0 Å². The van der Waals surface area contributed by atoms with Gasteiger partial charge in [0, 0.05) is 24.2 Å². The average molecular weight is 453 g/mol. The van der Waals surface area contributed by atoms with Crippen LogP contribution in [-0.4, -0.2) is 39.5 Å². The van der Waals surface area contributed by atoms with Gasteiger partial charge in [0.25, 0.3) is 10.0 Å². The fraction of sp³-hybridized carbons (Fsp3) is 0.300. The SMILES string of the molecule is CC1(C)CN=C2C(=O)c3cc(NS(=O)(=O)c4ccc(OC(F)(F)F)cc4)ccc3N2C1. The van der Waals surface area contributed by atoms with Crippen molar-refractivity contribution in [3.63, 3.8) is 0 Å². The fourth-order valence-corrected chi connectivity index (χ4v) is 4.54. The lowest BCUT2D eigenvalue weighted by molar-refractivity contribution is -0.274. The first-order chi connectivity index (χ1) is 14.3. The number of ketones is 1. The van der Waals surface area contributed by atoms with Gasteiger partial charge in [0.1, 0.15) is 5.75 Å². The number of nitrogens with one attached hydrogen (secondary N) is 1. The molecule has 0 unspecified atom stereocenters. The molecule has 0 aliphatic carbocycles. The highest BCUT2D eigenvalue weighted by Gasteiger charge is 2.40. The topological polar surface area (TPSA) is 88.1 Å². The van der Waals surface area contributed by atoms with Crippen LogP contribution in [0.15, 0.2) is 52.4 Å². The molecule has 31 heavy (non-hydrogen) atoms. The average Bonchev–Trinajstić information content (AvgIpc) is 2.91. The van der Waals surface area contributed by atoms with Gasteiger partial charge in [-0.25, -0.2) is 8.42 Å². The molecule has 2 aromatic carbocycles. The molecule has 0 fully saturated rings. The molecule has 11 heteroatoms. The molecular weight excluding hydrogens is 435 g/mol. The van der Waals surface area contributed by atoms with Crippen molar-refractivity contribution in [3.8, 4) is 5.75 Å². The largest absolute Gasteiger partial charge is 0.573 e. The number of anilines is 2. The first kappa shape index (κ1) is 21.2. The summed E-state index contributed by atoms with van der Waals surface area (Å²) < 4.78 is 68.1. The first-order valence-corrected chi connectivity index (χ1v) is 10.7. The maximum atomic E-state index is 12.7. The van der Waals surface area contributed by atoms with Crippen molar-refractivity contribution in [2.45, 2.75) is 25.1 Å². The van der Waals surface area contributed by atoms with Crippen LogP contribution in [0.4, 0.5) is 24.5 Å². The first-order valence-electron chi connectivity index (χ1n) is 9.24. The number of rotatable bonds is 4. The van der Waals surface area contributed by atoms with E-state index in [2.05, 4.69) is 14.5 Å². The van der Waals surface area contributed by atoms with Gasteiger partial charge in [-0.1, -0.05) is 13.8 Å². The number of benzene rings is 2. The normalized spacial score (nSPS) is 17.6. The Kier molecular flexibility index (Phi) is 4.76. The van der Waals surface area contributed by atoms with Gasteiger partial charge in [0.05, 0.1) is 16.1 Å². The van der Waals surface area contributed by atoms with Gasteiger partial charge in [-0.2, -0.15) is 0 Å². The summed E-state index contributed by atoms with van der Waals surface area (Å²) in [4.78, 5) is 18.7. The minimum atomic E-state index is -4.87. The van der Waals surface area contributed by atoms with Crippen LogP contribution in [0, 0.1) is 5.41 Å². The second-order valence-corrected chi connectivity index (χ2v) is 9.76. The number of nitrogens with zero attached hydrogens (tertiary/aromatic N) is 2. The van der Waals surface area contributed by atoms with Gasteiger partial charge in [0.2, 0.25) is 5.78 Å². The number of carbonyl (C=O) groups excluding carboxylic acids is 1. The predicted octanol–water partition coefficient (Wildman–Crippen LogP) is 3.83. The summed E-state index contributed by atoms with van der Waals surface area (Å²) >= 11 is 0. The summed E-state index contributed by atoms with van der Waals surface area (Å²) in [5.41, 5.74) is 1.05. The number of alkyl halides is 3. The van der Waals surface area contributed by atoms with Gasteiger partial charge in [0.15, 0.2) is 5.84 Å². The molecule has 164 valence electrons. The molecule has 2 aliphatic rings. The number of aliphatic imine (C=N–C) groups is 1. The molecule has 1 N–H and O–H groups in total. The lowest BCUT2D eigenvalue weighted by Gasteiger charge is -2.34. The molecule has 0 spiro atoms. The third-order valence-corrected chi connectivity index (χ3v) is 6.25. The molecule has 0 bridgehead atoms. The fourth-order valence-electron chi connectivity index (χ4n) is 3.49. The van der Waals surface area contributed by atoms with E-state index in [1.54, 1.807) is 6.07 Å². The van der Waals surface area contributed by atoms with E-state index >= 15 is 0 Å². The van der Waals surface area contributed by atoms with Gasteiger partial charge in [-0.15, -0.1) is 13.2 Å². The van der Waals surface area contributed by atoms with Gasteiger partial charge in [-0.05, 0) is 42.5 Å². The minimum Gasteiger partial charge on any atom is -0.406 e. The van der Waals surface area contributed by atoms with E-state index in [0.717, 1.165) is 24.3 Å². The molecule has 0 aromatic heterocycles. The molecule has 0 amide bonds. The van der Waals surface area contributed by atoms with Gasteiger partial charge < -0.3 is 9.64 Å². The van der Waals surface area contributed by atoms with Crippen LogP contribution >= 0.6 is 0 Å². The molecule has 2 aliphatic heterocycles. The third kappa shape index (κ3) is 4.22. The zero-order valence-corrected chi connectivity index (χ0v) is 17.3. The Morgan fingerprint density at radius 3 is 2.45 bits per heavy atom. The quantitative estimate of drug-likeness (QED) is 0.760. The Bertz CT molecular complexity index is 1190. The zero-order valence-electron chi connectivity index (χ0n) is 16.5. The molecule has 0 saturated carbocycles. The van der Waals surface area contributed by atoms with Crippen LogP contribution in [0.25, 0.3) is 0 Å². The van der Waals surface area contributed by atoms with Crippen molar-refractivity contribution < 1.29 is 31.1 Å². The Labute approximate surface area is 176 Å². The Hall–Kier alpha value is -3.08. The molecule has 0 radical (unpaired) electrons. The monoisotopic (exact) mass is 453 g/mol. The van der Waals surface area contributed by atoms with Crippen LogP contribution in [0.2, 0.25) is 0 Å². The summed E-state index contributed by atoms with van der Waals surface area (Å²) in [5.74, 6) is -0.468. The molecular formula is C20H18F3N3O4S. The van der Waals surface area contributed by atoms with Crippen molar-refractivity contribution >= 4 is 33.0 Å². The van der Waals surface area contributed by atoms with Crippen LogP contribution < -0.4 is 14.4 Å². The number of ether oxygens (including phenoxy) is 1. The highest BCUT2D eigenvalue weighted by atomic mass is 32.2. The summed E-state index contributed by atoms with van der Waals surface area (Å²) in [7, 11) is -4.10. The number of fused-ring (bicyclic) bond motifs is 3. The zero-order chi connectivity index (χ0) is 22.6. The second kappa shape index (κ2) is 6.98. The van der Waals surface area contributed by atoms with Gasteiger partial charge >= 0.3 is 6.36 Å². The second-order valence-electron chi connectivity index (χ2n) is 8.08. The van der Waals surface area contributed by atoms with Crippen LogP contribution in [0.3, 0.4) is 0 Å². The molecule has 2 heterocycles. The predicted molar refractivity (Wildman–Crippen MR) is 108 cm³/mol. The number of carbonyl (C=O) groups is 1. The molecule has 4 rings (SSSR count). The lowest BCUT2D eigenvalue weighted by Crippen LogP contribution is -2.44. The number of halogens is 3. The Morgan fingerprint density at radius 2 is 1.81 bits per heavy atom. The van der Waals surface area contributed by atoms with E-state index in [1.165, 1.54) is 12.1 Å². The van der Waals surface area contributed by atoms with Crippen molar-refractivity contribution in [1.29, 1.82) is 0 Å². The molecule has 0 atom stereocenters. The smallest absolute Gasteiger partial charge is 0.406 e. The Balaban J connectivity index is 1.57. The van der Waals surface area contributed by atoms with E-state index < -0.39 is 22.1 Å². The molecule has 2 aromatic rings. The molecule has 0 saturated heterocycles. The highest BCUT2D eigenvalue weighted by Crippen LogP contribution is 2.37. The van der Waals surface area contributed by atoms with E-state index in [9.17, 15) is 26.4 Å². The Morgan fingerprint density at radius 1 is 1.13 bits per heavy atom. The number of hydrogen-bond acceptors (Lipinski definition) is 6. The van der Waals surface area contributed by atoms with Crippen molar-refractivity contribution in [2.75, 3.05) is 22.7 Å². The number of amidine groups is 1. The van der Waals surface area contributed by atoms with Crippen LogP contribution in [-0.2, 0) is 10.0 Å². The van der Waals surface area contributed by atoms with Crippen molar-refractivity contribution in [3.05, 3.63) is 48.0 Å². The third-order valence-electron chi connectivity index (χ3n) is 4.85. The van der Waals surface area contributed by atoms with Gasteiger partial charge in [-0.3, -0.25) is 14.5 Å². The minimum absolute atomic E-state index is 0.104. The summed E-state index contributed by atoms with van der Waals surface area (Å²) in [5, 5.41) is 0. The number of hydrogen-bond donors (Lipinski definition) is 1. The number of Topliss-reactive ketones (excluding diaryl/α,β-unsaturated/α-hetero) is 1. The van der Waals surface area contributed by atoms with E-state index in [1.807, 2.05) is 18.7 Å². The highest BCUT2D eigenvalue weighted by molar-refractivity contribution is 7.92. The van der Waals surface area contributed by atoms with E-state index in [4.69, 9.17) is 0 Å². The van der Waals surface area contributed by atoms with Crippen LogP contribution in [0.5, 0.6) is 5.75 Å².